The van der Waals surface area contributed by atoms with Gasteiger partial charge in [0.1, 0.15) is 17.2 Å². The Bertz CT molecular complexity index is 1100. The number of rotatable bonds is 9. The lowest BCUT2D eigenvalue weighted by Crippen LogP contribution is -2.54. The van der Waals surface area contributed by atoms with Crippen molar-refractivity contribution >= 4 is 27.8 Å². The Kier molecular flexibility index (Phi) is 6.87. The second-order valence-corrected chi connectivity index (χ2v) is 8.92. The summed E-state index contributed by atoms with van der Waals surface area (Å²) in [6, 6.07) is 12.6. The Morgan fingerprint density at radius 1 is 0.938 bits per heavy atom. The molecule has 0 aromatic heterocycles. The standard InChI is InChI=1S/C21H26FN5O4S/c1-21(2)26-19(23)25-20(24)27(21)15-5-7-16(8-6-15)30-13-3-4-14-31-17-9-11-18(12-10-17)32(22,28)29/h5-12H,3-4,13-14H2,1-2H3,(H4,23,24,25,26). The van der Waals surface area contributed by atoms with Crippen molar-refractivity contribution in [1.82, 2.24) is 0 Å². The van der Waals surface area contributed by atoms with Crippen LogP contribution in [0.15, 0.2) is 63.4 Å². The highest BCUT2D eigenvalue weighted by atomic mass is 32.3. The molecule has 4 N–H and O–H groups in total. The van der Waals surface area contributed by atoms with Gasteiger partial charge in [-0.3, -0.25) is 4.90 Å². The van der Waals surface area contributed by atoms with E-state index in [-0.39, 0.29) is 16.8 Å². The zero-order chi connectivity index (χ0) is 23.4. The van der Waals surface area contributed by atoms with E-state index in [1.165, 1.54) is 24.3 Å². The number of anilines is 1. The average molecular weight is 464 g/mol. The van der Waals surface area contributed by atoms with E-state index in [0.29, 0.717) is 24.7 Å². The van der Waals surface area contributed by atoms with E-state index >= 15 is 0 Å². The molecule has 0 bridgehead atoms. The van der Waals surface area contributed by atoms with Crippen LogP contribution in [0.1, 0.15) is 26.7 Å². The average Bonchev–Trinajstić information content (AvgIpc) is 2.70. The van der Waals surface area contributed by atoms with E-state index < -0.39 is 15.9 Å². The van der Waals surface area contributed by atoms with Gasteiger partial charge in [-0.1, -0.05) is 0 Å². The van der Waals surface area contributed by atoms with Crippen molar-refractivity contribution in [2.45, 2.75) is 37.2 Å². The number of nitrogens with two attached hydrogens (primary N) is 2. The summed E-state index contributed by atoms with van der Waals surface area (Å²) in [6.45, 7) is 4.72. The van der Waals surface area contributed by atoms with E-state index in [1.54, 1.807) is 4.90 Å². The van der Waals surface area contributed by atoms with Crippen LogP contribution in [0.4, 0.5) is 9.57 Å². The molecule has 3 rings (SSSR count). The first-order chi connectivity index (χ1) is 15.1. The number of halogens is 1. The minimum atomic E-state index is -4.70. The largest absolute Gasteiger partial charge is 0.494 e. The van der Waals surface area contributed by atoms with Gasteiger partial charge in [0.05, 0.1) is 18.1 Å². The van der Waals surface area contributed by atoms with Crippen LogP contribution < -0.4 is 25.8 Å². The Morgan fingerprint density at radius 2 is 1.44 bits per heavy atom. The highest BCUT2D eigenvalue weighted by molar-refractivity contribution is 7.86. The first-order valence-corrected chi connectivity index (χ1v) is 11.3. The lowest BCUT2D eigenvalue weighted by atomic mass is 10.1. The van der Waals surface area contributed by atoms with Gasteiger partial charge in [0.25, 0.3) is 0 Å². The van der Waals surface area contributed by atoms with Gasteiger partial charge in [-0.05, 0) is 75.2 Å². The monoisotopic (exact) mass is 463 g/mol. The fourth-order valence-electron chi connectivity index (χ4n) is 3.23. The van der Waals surface area contributed by atoms with Crippen LogP contribution in [-0.4, -0.2) is 39.2 Å². The summed E-state index contributed by atoms with van der Waals surface area (Å²) in [6.07, 6.45) is 1.49. The lowest BCUT2D eigenvalue weighted by molar-refractivity contribution is 0.266. The molecule has 0 saturated heterocycles. The smallest absolute Gasteiger partial charge is 0.332 e. The van der Waals surface area contributed by atoms with Crippen LogP contribution in [0.25, 0.3) is 0 Å². The molecule has 9 nitrogen and oxygen atoms in total. The third kappa shape index (κ3) is 5.88. The molecular weight excluding hydrogens is 437 g/mol. The molecule has 1 aliphatic rings. The molecule has 0 amide bonds. The van der Waals surface area contributed by atoms with Crippen molar-refractivity contribution in [3.8, 4) is 11.5 Å². The van der Waals surface area contributed by atoms with Crippen molar-refractivity contribution in [3.63, 3.8) is 0 Å². The van der Waals surface area contributed by atoms with Gasteiger partial charge in [0, 0.05) is 5.69 Å². The van der Waals surface area contributed by atoms with E-state index in [9.17, 15) is 12.3 Å². The molecule has 11 heteroatoms. The Labute approximate surface area is 186 Å². The molecule has 1 heterocycles. The molecule has 0 saturated carbocycles. The van der Waals surface area contributed by atoms with Gasteiger partial charge in [-0.2, -0.15) is 13.4 Å². The fourth-order valence-corrected chi connectivity index (χ4v) is 3.69. The first-order valence-electron chi connectivity index (χ1n) is 9.96. The highest BCUT2D eigenvalue weighted by Gasteiger charge is 2.32. The second-order valence-electron chi connectivity index (χ2n) is 7.58. The van der Waals surface area contributed by atoms with Crippen LogP contribution in [-0.2, 0) is 10.2 Å². The predicted octanol–water partition coefficient (Wildman–Crippen LogP) is 2.77. The number of benzene rings is 2. The van der Waals surface area contributed by atoms with Crippen LogP contribution >= 0.6 is 0 Å². The van der Waals surface area contributed by atoms with Gasteiger partial charge in [0.2, 0.25) is 11.9 Å². The second kappa shape index (κ2) is 9.43. The SMILES string of the molecule is CC1(C)N=C(N)N=C(N)N1c1ccc(OCCCCOc2ccc(S(=O)(=O)F)cc2)cc1. The highest BCUT2D eigenvalue weighted by Crippen LogP contribution is 2.28. The Morgan fingerprint density at radius 3 is 1.91 bits per heavy atom. The topological polar surface area (TPSA) is 133 Å². The van der Waals surface area contributed by atoms with Crippen molar-refractivity contribution in [2.24, 2.45) is 21.5 Å². The maximum atomic E-state index is 12.9. The minimum absolute atomic E-state index is 0.150. The van der Waals surface area contributed by atoms with E-state index in [0.717, 1.165) is 18.5 Å². The van der Waals surface area contributed by atoms with Crippen LogP contribution in [0, 0.1) is 0 Å². The van der Waals surface area contributed by atoms with Crippen molar-refractivity contribution in [2.75, 3.05) is 18.1 Å². The zero-order valence-electron chi connectivity index (χ0n) is 17.9. The number of hydrogen-bond acceptors (Lipinski definition) is 9. The third-order valence-corrected chi connectivity index (χ3v) is 5.51. The van der Waals surface area contributed by atoms with E-state index in [2.05, 4.69) is 9.98 Å². The number of hydrogen-bond donors (Lipinski definition) is 2. The van der Waals surface area contributed by atoms with Crippen molar-refractivity contribution in [1.29, 1.82) is 0 Å². The molecule has 0 atom stereocenters. The fraction of sp³-hybridized carbons (Fsp3) is 0.333. The summed E-state index contributed by atoms with van der Waals surface area (Å²) in [4.78, 5) is 9.76. The molecule has 0 fully saturated rings. The Hall–Kier alpha value is -3.34. The van der Waals surface area contributed by atoms with Gasteiger partial charge in [0.15, 0.2) is 0 Å². The molecule has 0 spiro atoms. The first kappa shape index (κ1) is 23.3. The summed E-state index contributed by atoms with van der Waals surface area (Å²) in [5.41, 5.74) is 11.9. The normalized spacial score (nSPS) is 15.7. The summed E-state index contributed by atoms with van der Waals surface area (Å²) in [5, 5.41) is 0. The Balaban J connectivity index is 1.42. The maximum Gasteiger partial charge on any atom is 0.332 e. The zero-order valence-corrected chi connectivity index (χ0v) is 18.7. The molecule has 2 aromatic carbocycles. The molecule has 0 unspecified atom stereocenters. The summed E-state index contributed by atoms with van der Waals surface area (Å²) < 4.78 is 45.8. The van der Waals surface area contributed by atoms with Gasteiger partial charge < -0.3 is 20.9 Å². The summed E-state index contributed by atoms with van der Waals surface area (Å²) >= 11 is 0. The number of guanidine groups is 2. The summed E-state index contributed by atoms with van der Waals surface area (Å²) in [7, 11) is -4.70. The molecule has 0 radical (unpaired) electrons. The predicted molar refractivity (Wildman–Crippen MR) is 121 cm³/mol. The van der Waals surface area contributed by atoms with E-state index in [4.69, 9.17) is 20.9 Å². The number of aliphatic imine (C=N–C) groups is 2. The maximum absolute atomic E-state index is 12.9. The molecule has 32 heavy (non-hydrogen) atoms. The van der Waals surface area contributed by atoms with E-state index in [1.807, 2.05) is 38.1 Å². The van der Waals surface area contributed by atoms with Gasteiger partial charge in [-0.15, -0.1) is 3.89 Å². The number of unbranched alkanes of at least 4 members (excludes halogenated alkanes) is 1. The van der Waals surface area contributed by atoms with Crippen LogP contribution in [0.3, 0.4) is 0 Å². The van der Waals surface area contributed by atoms with Crippen LogP contribution in [0.2, 0.25) is 0 Å². The van der Waals surface area contributed by atoms with Crippen LogP contribution in [0.5, 0.6) is 11.5 Å². The molecule has 2 aromatic rings. The number of ether oxygens (including phenoxy) is 2. The molecule has 0 aliphatic carbocycles. The minimum Gasteiger partial charge on any atom is -0.494 e. The van der Waals surface area contributed by atoms with Gasteiger partial charge in [-0.25, -0.2) is 4.99 Å². The number of nitrogens with zero attached hydrogens (tertiary/aromatic N) is 3. The van der Waals surface area contributed by atoms with Gasteiger partial charge >= 0.3 is 10.2 Å². The summed E-state index contributed by atoms with van der Waals surface area (Å²) in [5.74, 6) is 1.61. The molecule has 172 valence electrons. The van der Waals surface area contributed by atoms with Crippen molar-refractivity contribution in [3.05, 3.63) is 48.5 Å². The van der Waals surface area contributed by atoms with Crippen molar-refractivity contribution < 1.29 is 21.8 Å². The quantitative estimate of drug-likeness (QED) is 0.431. The molecular formula is C21H26FN5O4S. The molecule has 1 aliphatic heterocycles. The third-order valence-electron chi connectivity index (χ3n) is 4.67. The lowest BCUT2D eigenvalue weighted by Gasteiger charge is -2.38.